The summed E-state index contributed by atoms with van der Waals surface area (Å²) in [6, 6.07) is 12.3. The number of allylic oxidation sites excluding steroid dienone is 2. The first-order valence-corrected chi connectivity index (χ1v) is 8.95. The van der Waals surface area contributed by atoms with E-state index in [9.17, 15) is 9.59 Å². The predicted octanol–water partition coefficient (Wildman–Crippen LogP) is 4.32. The molecule has 2 heterocycles. The van der Waals surface area contributed by atoms with Gasteiger partial charge in [0.25, 0.3) is 0 Å². The SMILES string of the molecule is CC=C1OC=C(c2c(OC)cc3oc(-c4ccccc4)cc(=O)c3c2OC)C1=O. The number of benzene rings is 2. The van der Waals surface area contributed by atoms with Gasteiger partial charge in [-0.15, -0.1) is 0 Å². The van der Waals surface area contributed by atoms with E-state index in [1.165, 1.54) is 26.5 Å². The maximum atomic E-state index is 13.0. The van der Waals surface area contributed by atoms with Gasteiger partial charge in [0, 0.05) is 17.7 Å². The molecule has 0 saturated heterocycles. The average molecular weight is 390 g/mol. The summed E-state index contributed by atoms with van der Waals surface area (Å²) >= 11 is 0. The minimum absolute atomic E-state index is 0.202. The fraction of sp³-hybridized carbons (Fsp3) is 0.130. The lowest BCUT2D eigenvalue weighted by molar-refractivity contribution is -0.111. The van der Waals surface area contributed by atoms with E-state index < -0.39 is 0 Å². The lowest BCUT2D eigenvalue weighted by atomic mass is 9.98. The third-order valence-corrected chi connectivity index (χ3v) is 4.72. The molecule has 6 heteroatoms. The van der Waals surface area contributed by atoms with Crippen molar-refractivity contribution >= 4 is 22.3 Å². The first-order chi connectivity index (χ1) is 14.1. The minimum atomic E-state index is -0.311. The monoisotopic (exact) mass is 390 g/mol. The van der Waals surface area contributed by atoms with Gasteiger partial charge in [0.1, 0.15) is 34.5 Å². The minimum Gasteiger partial charge on any atom is -0.496 e. The van der Waals surface area contributed by atoms with Gasteiger partial charge in [-0.2, -0.15) is 0 Å². The Hall–Kier alpha value is -3.80. The summed E-state index contributed by atoms with van der Waals surface area (Å²) in [5.74, 6) is 0.858. The number of rotatable bonds is 4. The number of ether oxygens (including phenoxy) is 3. The Morgan fingerprint density at radius 2 is 1.76 bits per heavy atom. The molecule has 3 aromatic rings. The molecule has 6 nitrogen and oxygen atoms in total. The second kappa shape index (κ2) is 7.31. The van der Waals surface area contributed by atoms with Crippen molar-refractivity contribution in [2.75, 3.05) is 14.2 Å². The molecule has 1 aromatic heterocycles. The summed E-state index contributed by atoms with van der Waals surface area (Å²) in [7, 11) is 2.90. The molecular weight excluding hydrogens is 372 g/mol. The molecule has 146 valence electrons. The van der Waals surface area contributed by atoms with Crippen LogP contribution in [0.4, 0.5) is 0 Å². The number of hydrogen-bond acceptors (Lipinski definition) is 6. The maximum absolute atomic E-state index is 13.0. The topological polar surface area (TPSA) is 75.0 Å². The van der Waals surface area contributed by atoms with E-state index in [0.29, 0.717) is 22.7 Å². The summed E-state index contributed by atoms with van der Waals surface area (Å²) in [5.41, 5.74) is 1.38. The van der Waals surface area contributed by atoms with Gasteiger partial charge < -0.3 is 18.6 Å². The molecule has 2 aromatic carbocycles. The molecule has 0 radical (unpaired) electrons. The molecule has 0 spiro atoms. The van der Waals surface area contributed by atoms with Crippen LogP contribution in [0.15, 0.2) is 69.8 Å². The van der Waals surface area contributed by atoms with Crippen molar-refractivity contribution in [3.63, 3.8) is 0 Å². The first kappa shape index (κ1) is 18.6. The van der Waals surface area contributed by atoms with E-state index in [1.54, 1.807) is 19.1 Å². The van der Waals surface area contributed by atoms with Gasteiger partial charge in [-0.25, -0.2) is 0 Å². The molecule has 1 aliphatic heterocycles. The zero-order valence-electron chi connectivity index (χ0n) is 16.1. The van der Waals surface area contributed by atoms with Gasteiger partial charge >= 0.3 is 0 Å². The predicted molar refractivity (Wildman–Crippen MR) is 109 cm³/mol. The van der Waals surface area contributed by atoms with E-state index in [-0.39, 0.29) is 33.7 Å². The summed E-state index contributed by atoms with van der Waals surface area (Å²) in [6.07, 6.45) is 2.91. The average Bonchev–Trinajstić information content (AvgIpc) is 3.12. The van der Waals surface area contributed by atoms with Gasteiger partial charge in [-0.3, -0.25) is 9.59 Å². The van der Waals surface area contributed by atoms with Crippen molar-refractivity contribution in [1.82, 2.24) is 0 Å². The van der Waals surface area contributed by atoms with Crippen molar-refractivity contribution in [2.24, 2.45) is 0 Å². The molecule has 0 aliphatic carbocycles. The van der Waals surface area contributed by atoms with Crippen molar-refractivity contribution in [3.8, 4) is 22.8 Å². The summed E-state index contributed by atoms with van der Waals surface area (Å²) in [6.45, 7) is 1.71. The smallest absolute Gasteiger partial charge is 0.231 e. The van der Waals surface area contributed by atoms with Crippen LogP contribution in [-0.2, 0) is 9.53 Å². The lowest BCUT2D eigenvalue weighted by Crippen LogP contribution is -2.08. The van der Waals surface area contributed by atoms with Crippen LogP contribution >= 0.6 is 0 Å². The largest absolute Gasteiger partial charge is 0.496 e. The van der Waals surface area contributed by atoms with Crippen LogP contribution in [0.3, 0.4) is 0 Å². The van der Waals surface area contributed by atoms with Crippen LogP contribution < -0.4 is 14.9 Å². The van der Waals surface area contributed by atoms with Crippen LogP contribution in [0.5, 0.6) is 11.5 Å². The third kappa shape index (κ3) is 2.99. The van der Waals surface area contributed by atoms with Crippen LogP contribution in [0.1, 0.15) is 12.5 Å². The second-order valence-corrected chi connectivity index (χ2v) is 6.33. The standard InChI is InChI=1S/C23H18O6/c1-4-16-22(25)14(12-28-16)20-18(26-2)11-19-21(23(20)27-3)15(24)10-17(29-19)13-8-6-5-7-9-13/h4-12H,1-3H3. The Morgan fingerprint density at radius 1 is 1.00 bits per heavy atom. The number of hydrogen-bond donors (Lipinski definition) is 0. The van der Waals surface area contributed by atoms with Crippen LogP contribution in [0, 0.1) is 0 Å². The number of methoxy groups -OCH3 is 2. The highest BCUT2D eigenvalue weighted by atomic mass is 16.5. The van der Waals surface area contributed by atoms with Crippen molar-refractivity contribution in [1.29, 1.82) is 0 Å². The number of fused-ring (bicyclic) bond motifs is 1. The molecule has 0 fully saturated rings. The highest BCUT2D eigenvalue weighted by molar-refractivity contribution is 6.31. The van der Waals surface area contributed by atoms with Gasteiger partial charge in [-0.1, -0.05) is 30.3 Å². The Morgan fingerprint density at radius 3 is 2.38 bits per heavy atom. The Balaban J connectivity index is 2.01. The van der Waals surface area contributed by atoms with Crippen molar-refractivity contribution in [3.05, 3.63) is 76.3 Å². The van der Waals surface area contributed by atoms with Gasteiger partial charge in [0.05, 0.1) is 25.4 Å². The Kier molecular flexibility index (Phi) is 4.68. The van der Waals surface area contributed by atoms with Crippen molar-refractivity contribution < 1.29 is 23.4 Å². The van der Waals surface area contributed by atoms with Gasteiger partial charge in [0.15, 0.2) is 11.2 Å². The highest BCUT2D eigenvalue weighted by Crippen LogP contribution is 2.43. The summed E-state index contributed by atoms with van der Waals surface area (Å²) < 4.78 is 22.4. The summed E-state index contributed by atoms with van der Waals surface area (Å²) in [5, 5.41) is 0.227. The molecule has 1 aliphatic rings. The lowest BCUT2D eigenvalue weighted by Gasteiger charge is -2.15. The van der Waals surface area contributed by atoms with E-state index in [0.717, 1.165) is 5.56 Å². The first-order valence-electron chi connectivity index (χ1n) is 8.95. The Labute approximate surface area is 166 Å². The maximum Gasteiger partial charge on any atom is 0.231 e. The van der Waals surface area contributed by atoms with Crippen LogP contribution in [0.2, 0.25) is 0 Å². The molecular formula is C23H18O6. The number of carbonyl (C=O) groups excluding carboxylic acids is 1. The number of ketones is 1. The van der Waals surface area contributed by atoms with Gasteiger partial charge in [0.2, 0.25) is 5.78 Å². The zero-order valence-corrected chi connectivity index (χ0v) is 16.1. The fourth-order valence-corrected chi connectivity index (χ4v) is 3.36. The number of Topliss-reactive ketones (excluding diaryl/α,β-unsaturated/α-hetero) is 1. The van der Waals surface area contributed by atoms with Crippen molar-refractivity contribution in [2.45, 2.75) is 6.92 Å². The van der Waals surface area contributed by atoms with E-state index in [2.05, 4.69) is 0 Å². The second-order valence-electron chi connectivity index (χ2n) is 6.33. The fourth-order valence-electron chi connectivity index (χ4n) is 3.36. The molecule has 0 unspecified atom stereocenters. The van der Waals surface area contributed by atoms with Gasteiger partial charge in [-0.05, 0) is 13.0 Å². The Bertz CT molecular complexity index is 1230. The van der Waals surface area contributed by atoms with E-state index >= 15 is 0 Å². The molecule has 4 rings (SSSR count). The quantitative estimate of drug-likeness (QED) is 0.618. The highest BCUT2D eigenvalue weighted by Gasteiger charge is 2.31. The molecule has 29 heavy (non-hydrogen) atoms. The normalized spacial score (nSPS) is 14.8. The van der Waals surface area contributed by atoms with E-state index in [1.807, 2.05) is 30.3 Å². The molecule has 0 saturated carbocycles. The number of carbonyl (C=O) groups is 1. The van der Waals surface area contributed by atoms with Crippen LogP contribution in [0.25, 0.3) is 27.9 Å². The zero-order chi connectivity index (χ0) is 20.5. The molecule has 0 bridgehead atoms. The molecule has 0 N–H and O–H groups in total. The van der Waals surface area contributed by atoms with E-state index in [4.69, 9.17) is 18.6 Å². The summed E-state index contributed by atoms with van der Waals surface area (Å²) in [4.78, 5) is 25.7. The third-order valence-electron chi connectivity index (χ3n) is 4.72. The molecule has 0 atom stereocenters. The molecule has 0 amide bonds. The van der Waals surface area contributed by atoms with Crippen LogP contribution in [-0.4, -0.2) is 20.0 Å².